The highest BCUT2D eigenvalue weighted by atomic mass is 19.1. The number of hydrogen-bond acceptors (Lipinski definition) is 2. The van der Waals surface area contributed by atoms with Crippen LogP contribution in [0, 0.1) is 23.1 Å². The smallest absolute Gasteiger partial charge is 0.124 e. The summed E-state index contributed by atoms with van der Waals surface area (Å²) in [5.74, 6) is 0.292. The normalized spacial score (nSPS) is 12.5. The summed E-state index contributed by atoms with van der Waals surface area (Å²) in [4.78, 5) is 2.16. The van der Waals surface area contributed by atoms with Gasteiger partial charge in [0.25, 0.3) is 0 Å². The average molecular weight is 234 g/mol. The van der Waals surface area contributed by atoms with Crippen molar-refractivity contribution in [2.75, 3.05) is 13.6 Å². The summed E-state index contributed by atoms with van der Waals surface area (Å²) in [5, 5.41) is 8.77. The quantitative estimate of drug-likeness (QED) is 0.782. The number of rotatable bonds is 5. The van der Waals surface area contributed by atoms with E-state index in [9.17, 15) is 4.39 Å². The summed E-state index contributed by atoms with van der Waals surface area (Å²) < 4.78 is 13.2. The maximum absolute atomic E-state index is 13.2. The number of hydrogen-bond donors (Lipinski definition) is 0. The van der Waals surface area contributed by atoms with Crippen LogP contribution in [0.2, 0.25) is 0 Å². The van der Waals surface area contributed by atoms with E-state index in [4.69, 9.17) is 5.26 Å². The lowest BCUT2D eigenvalue weighted by atomic mass is 10.1. The molecule has 0 aliphatic carbocycles. The predicted molar refractivity (Wildman–Crippen MR) is 66.9 cm³/mol. The molecule has 2 nitrogen and oxygen atoms in total. The molecule has 0 spiro atoms. The van der Waals surface area contributed by atoms with Gasteiger partial charge >= 0.3 is 0 Å². The van der Waals surface area contributed by atoms with Gasteiger partial charge in [0.2, 0.25) is 0 Å². The van der Waals surface area contributed by atoms with Crippen LogP contribution in [0.5, 0.6) is 0 Å². The molecule has 0 saturated heterocycles. The first kappa shape index (κ1) is 13.7. The van der Waals surface area contributed by atoms with Crippen molar-refractivity contribution in [3.63, 3.8) is 0 Å². The van der Waals surface area contributed by atoms with Crippen LogP contribution in [0.3, 0.4) is 0 Å². The first-order chi connectivity index (χ1) is 8.05. The lowest BCUT2D eigenvalue weighted by molar-refractivity contribution is 0.275. The molecule has 0 amide bonds. The van der Waals surface area contributed by atoms with Crippen molar-refractivity contribution < 1.29 is 4.39 Å². The number of halogens is 1. The maximum Gasteiger partial charge on any atom is 0.124 e. The van der Waals surface area contributed by atoms with E-state index in [0.717, 1.165) is 18.5 Å². The van der Waals surface area contributed by atoms with Crippen LogP contribution in [0.4, 0.5) is 4.39 Å². The first-order valence-electron chi connectivity index (χ1n) is 5.93. The molecule has 0 heterocycles. The predicted octanol–water partition coefficient (Wildman–Crippen LogP) is 3.18. The van der Waals surface area contributed by atoms with E-state index in [1.165, 1.54) is 12.1 Å². The van der Waals surface area contributed by atoms with Gasteiger partial charge in [-0.1, -0.05) is 20.3 Å². The molecule has 0 aliphatic heterocycles. The van der Waals surface area contributed by atoms with Crippen molar-refractivity contribution in [3.8, 4) is 6.07 Å². The second kappa shape index (κ2) is 6.36. The molecule has 1 rings (SSSR count). The van der Waals surface area contributed by atoms with Gasteiger partial charge in [-0.3, -0.25) is 0 Å². The largest absolute Gasteiger partial charge is 0.302 e. The van der Waals surface area contributed by atoms with E-state index in [1.807, 2.05) is 13.1 Å². The molecule has 0 fully saturated rings. The lowest BCUT2D eigenvalue weighted by Crippen LogP contribution is -2.23. The third-order valence-corrected chi connectivity index (χ3v) is 2.86. The fourth-order valence-electron chi connectivity index (χ4n) is 1.84. The molecule has 92 valence electrons. The molecule has 3 heteroatoms. The van der Waals surface area contributed by atoms with E-state index in [2.05, 4.69) is 18.7 Å². The molecule has 17 heavy (non-hydrogen) atoms. The van der Waals surface area contributed by atoms with Crippen LogP contribution >= 0.6 is 0 Å². The summed E-state index contributed by atoms with van der Waals surface area (Å²) in [5.41, 5.74) is 1.24. The fraction of sp³-hybridized carbons (Fsp3) is 0.500. The van der Waals surface area contributed by atoms with Gasteiger partial charge in [0.1, 0.15) is 5.82 Å². The van der Waals surface area contributed by atoms with Crippen molar-refractivity contribution in [3.05, 3.63) is 35.1 Å². The molecule has 0 radical (unpaired) electrons. The molecule has 0 N–H and O–H groups in total. The Labute approximate surface area is 103 Å². The Hall–Kier alpha value is -1.40. The zero-order chi connectivity index (χ0) is 12.8. The van der Waals surface area contributed by atoms with Gasteiger partial charge in [-0.25, -0.2) is 4.39 Å². The minimum atomic E-state index is -0.337. The Bertz CT molecular complexity index is 409. The van der Waals surface area contributed by atoms with Crippen LogP contribution in [-0.2, 0) is 6.54 Å². The molecule has 0 bridgehead atoms. The SMILES string of the molecule is CCC(C)CN(C)Cc1cc(F)cc(C#N)c1. The van der Waals surface area contributed by atoms with Gasteiger partial charge in [0.15, 0.2) is 0 Å². The Morgan fingerprint density at radius 3 is 2.71 bits per heavy atom. The van der Waals surface area contributed by atoms with Gasteiger partial charge in [-0.05, 0) is 36.7 Å². The highest BCUT2D eigenvalue weighted by Gasteiger charge is 2.07. The number of nitriles is 1. The van der Waals surface area contributed by atoms with Gasteiger partial charge in [0, 0.05) is 13.1 Å². The Balaban J connectivity index is 2.68. The third kappa shape index (κ3) is 4.54. The van der Waals surface area contributed by atoms with Crippen molar-refractivity contribution >= 4 is 0 Å². The highest BCUT2D eigenvalue weighted by Crippen LogP contribution is 2.12. The minimum absolute atomic E-state index is 0.337. The molecular formula is C14H19FN2. The van der Waals surface area contributed by atoms with Crippen LogP contribution in [0.1, 0.15) is 31.4 Å². The van der Waals surface area contributed by atoms with E-state index < -0.39 is 0 Å². The maximum atomic E-state index is 13.2. The van der Waals surface area contributed by atoms with E-state index in [0.29, 0.717) is 18.0 Å². The molecule has 0 aromatic heterocycles. The van der Waals surface area contributed by atoms with Gasteiger partial charge in [0.05, 0.1) is 11.6 Å². The number of benzene rings is 1. The monoisotopic (exact) mass is 234 g/mol. The Morgan fingerprint density at radius 1 is 1.41 bits per heavy atom. The van der Waals surface area contributed by atoms with Crippen molar-refractivity contribution in [1.29, 1.82) is 5.26 Å². The van der Waals surface area contributed by atoms with E-state index in [-0.39, 0.29) is 5.82 Å². The lowest BCUT2D eigenvalue weighted by Gasteiger charge is -2.20. The number of nitrogens with zero attached hydrogens (tertiary/aromatic N) is 2. The van der Waals surface area contributed by atoms with E-state index in [1.54, 1.807) is 6.07 Å². The van der Waals surface area contributed by atoms with Crippen LogP contribution in [-0.4, -0.2) is 18.5 Å². The second-order valence-electron chi connectivity index (χ2n) is 4.67. The molecular weight excluding hydrogens is 215 g/mol. The summed E-state index contributed by atoms with van der Waals surface area (Å²) in [6.45, 7) is 6.02. The molecule has 1 aromatic rings. The van der Waals surface area contributed by atoms with Gasteiger partial charge in [-0.2, -0.15) is 5.26 Å². The second-order valence-corrected chi connectivity index (χ2v) is 4.67. The zero-order valence-electron chi connectivity index (χ0n) is 10.7. The summed E-state index contributed by atoms with van der Waals surface area (Å²) in [6, 6.07) is 6.48. The summed E-state index contributed by atoms with van der Waals surface area (Å²) in [7, 11) is 2.02. The standard InChI is InChI=1S/C14H19FN2/c1-4-11(2)9-17(3)10-13-5-12(8-16)6-14(15)7-13/h5-7,11H,4,9-10H2,1-3H3. The molecule has 0 saturated carbocycles. The first-order valence-corrected chi connectivity index (χ1v) is 5.93. The van der Waals surface area contributed by atoms with Gasteiger partial charge < -0.3 is 4.90 Å². The van der Waals surface area contributed by atoms with Crippen molar-refractivity contribution in [2.24, 2.45) is 5.92 Å². The third-order valence-electron chi connectivity index (χ3n) is 2.86. The molecule has 0 aliphatic rings. The Morgan fingerprint density at radius 2 is 2.12 bits per heavy atom. The fourth-order valence-corrected chi connectivity index (χ4v) is 1.84. The Kier molecular flexibility index (Phi) is 5.11. The van der Waals surface area contributed by atoms with Crippen molar-refractivity contribution in [1.82, 2.24) is 4.90 Å². The summed E-state index contributed by atoms with van der Waals surface area (Å²) in [6.07, 6.45) is 1.14. The topological polar surface area (TPSA) is 27.0 Å². The van der Waals surface area contributed by atoms with Crippen LogP contribution < -0.4 is 0 Å². The minimum Gasteiger partial charge on any atom is -0.302 e. The van der Waals surface area contributed by atoms with Gasteiger partial charge in [-0.15, -0.1) is 0 Å². The average Bonchev–Trinajstić information content (AvgIpc) is 2.27. The molecule has 1 aromatic carbocycles. The van der Waals surface area contributed by atoms with Crippen LogP contribution in [0.15, 0.2) is 18.2 Å². The van der Waals surface area contributed by atoms with Crippen molar-refractivity contribution in [2.45, 2.75) is 26.8 Å². The zero-order valence-corrected chi connectivity index (χ0v) is 10.7. The summed E-state index contributed by atoms with van der Waals surface area (Å²) >= 11 is 0. The van der Waals surface area contributed by atoms with Crippen LogP contribution in [0.25, 0.3) is 0 Å². The highest BCUT2D eigenvalue weighted by molar-refractivity contribution is 5.33. The molecule has 1 atom stereocenters. The van der Waals surface area contributed by atoms with E-state index >= 15 is 0 Å². The molecule has 1 unspecified atom stereocenters.